The van der Waals surface area contributed by atoms with Crippen LogP contribution in [0.3, 0.4) is 0 Å². The Hall–Kier alpha value is -2.58. The van der Waals surface area contributed by atoms with Gasteiger partial charge in [-0.3, -0.25) is 4.79 Å². The van der Waals surface area contributed by atoms with E-state index in [1.165, 1.54) is 43.1 Å². The van der Waals surface area contributed by atoms with E-state index >= 15 is 0 Å². The van der Waals surface area contributed by atoms with Gasteiger partial charge in [-0.25, -0.2) is 0 Å². The molecule has 0 saturated heterocycles. The third-order valence-electron chi connectivity index (χ3n) is 3.81. The van der Waals surface area contributed by atoms with Crippen LogP contribution in [-0.4, -0.2) is 12.4 Å². The number of thiophene rings is 1. The number of carbonyl (C=O) groups excluding carboxylic acids is 1. The van der Waals surface area contributed by atoms with Gasteiger partial charge >= 0.3 is 0 Å². The van der Waals surface area contributed by atoms with Crippen molar-refractivity contribution >= 4 is 22.8 Å². The third kappa shape index (κ3) is 6.73. The molecule has 0 bridgehead atoms. The maximum atomic E-state index is 12.0. The van der Waals surface area contributed by atoms with E-state index in [4.69, 9.17) is 10.00 Å². The van der Waals surface area contributed by atoms with Crippen LogP contribution in [0, 0.1) is 11.3 Å². The minimum Gasteiger partial charge on any atom is -0.494 e. The minimum atomic E-state index is -0.118. The molecule has 0 atom stereocenters. The van der Waals surface area contributed by atoms with E-state index in [-0.39, 0.29) is 5.78 Å². The lowest BCUT2D eigenvalue weighted by molar-refractivity contribution is 0.105. The summed E-state index contributed by atoms with van der Waals surface area (Å²) >= 11 is 1.20. The average Bonchev–Trinajstić information content (AvgIpc) is 3.15. The zero-order chi connectivity index (χ0) is 18.6. The van der Waals surface area contributed by atoms with Crippen LogP contribution in [0.2, 0.25) is 0 Å². The van der Waals surface area contributed by atoms with Gasteiger partial charge in [0, 0.05) is 18.0 Å². The van der Waals surface area contributed by atoms with Crippen molar-refractivity contribution in [2.75, 3.05) is 11.9 Å². The number of hydrogen-bond acceptors (Lipinski definition) is 5. The van der Waals surface area contributed by atoms with Crippen molar-refractivity contribution < 1.29 is 9.53 Å². The molecule has 0 aliphatic carbocycles. The van der Waals surface area contributed by atoms with Crippen molar-refractivity contribution in [1.82, 2.24) is 0 Å². The summed E-state index contributed by atoms with van der Waals surface area (Å²) in [6.45, 7) is 2.96. The first kappa shape index (κ1) is 19.7. The SMILES string of the molecule is CCCCCCCOc1ccc(N/C=C\C(=O)c2ccc(C#N)s2)cc1. The number of anilines is 1. The Morgan fingerprint density at radius 2 is 1.92 bits per heavy atom. The number of hydrogen-bond donors (Lipinski definition) is 1. The number of nitrogens with zero attached hydrogens (tertiary/aromatic N) is 1. The van der Waals surface area contributed by atoms with Crippen LogP contribution < -0.4 is 10.1 Å². The van der Waals surface area contributed by atoms with Gasteiger partial charge in [0.2, 0.25) is 0 Å². The topological polar surface area (TPSA) is 62.1 Å². The van der Waals surface area contributed by atoms with Gasteiger partial charge in [0.1, 0.15) is 16.7 Å². The average molecular weight is 369 g/mol. The van der Waals surface area contributed by atoms with Crippen LogP contribution in [-0.2, 0) is 0 Å². The van der Waals surface area contributed by atoms with Crippen LogP contribution in [0.25, 0.3) is 0 Å². The second kappa shape index (κ2) is 11.1. The number of allylic oxidation sites excluding steroid dienone is 1. The van der Waals surface area contributed by atoms with Gasteiger partial charge < -0.3 is 10.1 Å². The van der Waals surface area contributed by atoms with Crippen LogP contribution in [0.4, 0.5) is 5.69 Å². The van der Waals surface area contributed by atoms with Gasteiger partial charge in [0.15, 0.2) is 5.78 Å². The number of nitrogens with one attached hydrogen (secondary N) is 1. The molecule has 0 radical (unpaired) electrons. The number of ether oxygens (including phenoxy) is 1. The Bertz CT molecular complexity index is 757. The zero-order valence-electron chi connectivity index (χ0n) is 15.0. The van der Waals surface area contributed by atoms with Crippen molar-refractivity contribution in [1.29, 1.82) is 5.26 Å². The van der Waals surface area contributed by atoms with Crippen molar-refractivity contribution in [2.45, 2.75) is 39.0 Å². The number of rotatable bonds is 11. The van der Waals surface area contributed by atoms with E-state index in [0.29, 0.717) is 9.75 Å². The number of nitriles is 1. The van der Waals surface area contributed by atoms with Crippen LogP contribution in [0.1, 0.15) is 53.6 Å². The molecule has 0 spiro atoms. The summed E-state index contributed by atoms with van der Waals surface area (Å²) in [4.78, 5) is 13.1. The highest BCUT2D eigenvalue weighted by Crippen LogP contribution is 2.18. The minimum absolute atomic E-state index is 0.118. The molecule has 4 nitrogen and oxygen atoms in total. The zero-order valence-corrected chi connectivity index (χ0v) is 15.8. The van der Waals surface area contributed by atoms with Gasteiger partial charge in [-0.05, 0) is 42.8 Å². The first-order valence-corrected chi connectivity index (χ1v) is 9.75. The molecule has 5 heteroatoms. The van der Waals surface area contributed by atoms with E-state index in [2.05, 4.69) is 12.2 Å². The molecule has 2 rings (SSSR count). The highest BCUT2D eigenvalue weighted by Gasteiger charge is 2.05. The summed E-state index contributed by atoms with van der Waals surface area (Å²) in [5.74, 6) is 0.737. The van der Waals surface area contributed by atoms with Gasteiger partial charge in [-0.15, -0.1) is 11.3 Å². The smallest absolute Gasteiger partial charge is 0.197 e. The summed E-state index contributed by atoms with van der Waals surface area (Å²) in [7, 11) is 0. The first-order valence-electron chi connectivity index (χ1n) is 8.93. The molecular weight excluding hydrogens is 344 g/mol. The lowest BCUT2D eigenvalue weighted by Crippen LogP contribution is -1.97. The molecule has 0 aliphatic heterocycles. The first-order chi connectivity index (χ1) is 12.7. The van der Waals surface area contributed by atoms with Crippen LogP contribution >= 0.6 is 11.3 Å². The summed E-state index contributed by atoms with van der Waals surface area (Å²) in [6, 6.07) is 13.0. The summed E-state index contributed by atoms with van der Waals surface area (Å²) in [5, 5.41) is 11.9. The molecule has 1 heterocycles. The van der Waals surface area contributed by atoms with E-state index in [9.17, 15) is 4.79 Å². The van der Waals surface area contributed by atoms with E-state index in [1.807, 2.05) is 30.3 Å². The molecule has 26 heavy (non-hydrogen) atoms. The fourth-order valence-electron chi connectivity index (χ4n) is 2.37. The van der Waals surface area contributed by atoms with Gasteiger partial charge in [0.05, 0.1) is 11.5 Å². The lowest BCUT2D eigenvalue weighted by atomic mass is 10.2. The quantitative estimate of drug-likeness (QED) is 0.310. The standard InChI is InChI=1S/C21H24N2O2S/c1-2-3-4-5-6-15-25-18-9-7-17(8-10-18)23-14-13-20(24)21-12-11-19(16-22)26-21/h7-14,23H,2-6,15H2,1H3/b14-13-. The molecule has 0 amide bonds. The number of carbonyl (C=O) groups is 1. The Morgan fingerprint density at radius 1 is 1.15 bits per heavy atom. The predicted molar refractivity (Wildman–Crippen MR) is 107 cm³/mol. The number of unbranched alkanes of at least 4 members (excludes halogenated alkanes) is 4. The molecule has 136 valence electrons. The van der Waals surface area contributed by atoms with Crippen LogP contribution in [0.5, 0.6) is 5.75 Å². The Balaban J connectivity index is 1.73. The Kier molecular flexibility index (Phi) is 8.44. The lowest BCUT2D eigenvalue weighted by Gasteiger charge is -2.07. The fraction of sp³-hybridized carbons (Fsp3) is 0.333. The second-order valence-electron chi connectivity index (χ2n) is 5.90. The Labute approximate surface area is 159 Å². The molecular formula is C21H24N2O2S. The van der Waals surface area contributed by atoms with E-state index < -0.39 is 0 Å². The van der Waals surface area contributed by atoms with Crippen LogP contribution in [0.15, 0.2) is 48.7 Å². The van der Waals surface area contributed by atoms with Crippen molar-refractivity contribution in [2.24, 2.45) is 0 Å². The maximum Gasteiger partial charge on any atom is 0.197 e. The molecule has 1 N–H and O–H groups in total. The summed E-state index contributed by atoms with van der Waals surface area (Å²) < 4.78 is 5.73. The summed E-state index contributed by atoms with van der Waals surface area (Å²) in [6.07, 6.45) is 9.20. The molecule has 1 aromatic heterocycles. The maximum absolute atomic E-state index is 12.0. The molecule has 1 aromatic carbocycles. The van der Waals surface area contributed by atoms with Crippen molar-refractivity contribution in [3.05, 3.63) is 58.4 Å². The monoisotopic (exact) mass is 368 g/mol. The van der Waals surface area contributed by atoms with Gasteiger partial charge in [0.25, 0.3) is 0 Å². The highest BCUT2D eigenvalue weighted by molar-refractivity contribution is 7.14. The normalized spacial score (nSPS) is 10.6. The predicted octanol–water partition coefficient (Wildman–Crippen LogP) is 5.78. The number of benzene rings is 1. The highest BCUT2D eigenvalue weighted by atomic mass is 32.1. The van der Waals surface area contributed by atoms with Gasteiger partial charge in [-0.1, -0.05) is 32.6 Å². The van der Waals surface area contributed by atoms with E-state index in [0.717, 1.165) is 24.5 Å². The van der Waals surface area contributed by atoms with Crippen molar-refractivity contribution in [3.63, 3.8) is 0 Å². The molecule has 0 fully saturated rings. The second-order valence-corrected chi connectivity index (χ2v) is 6.99. The van der Waals surface area contributed by atoms with E-state index in [1.54, 1.807) is 18.3 Å². The largest absolute Gasteiger partial charge is 0.494 e. The molecule has 0 saturated carbocycles. The van der Waals surface area contributed by atoms with Gasteiger partial charge in [-0.2, -0.15) is 5.26 Å². The number of ketones is 1. The molecule has 0 aliphatic rings. The third-order valence-corrected chi connectivity index (χ3v) is 4.82. The Morgan fingerprint density at radius 3 is 2.62 bits per heavy atom. The fourth-order valence-corrected chi connectivity index (χ4v) is 3.09. The summed E-state index contributed by atoms with van der Waals surface area (Å²) in [5.41, 5.74) is 0.883. The molecule has 0 unspecified atom stereocenters. The van der Waals surface area contributed by atoms with Crippen molar-refractivity contribution in [3.8, 4) is 11.8 Å². The molecule has 2 aromatic rings.